The monoisotopic (exact) mass is 398 g/mol. The first-order valence-electron chi connectivity index (χ1n) is 10.1. The van der Waals surface area contributed by atoms with Crippen LogP contribution < -0.4 is 10.9 Å². The van der Waals surface area contributed by atoms with Crippen molar-refractivity contribution in [1.82, 2.24) is 19.9 Å². The predicted octanol–water partition coefficient (Wildman–Crippen LogP) is 3.97. The van der Waals surface area contributed by atoms with Crippen LogP contribution in [-0.2, 0) is 6.54 Å². The summed E-state index contributed by atoms with van der Waals surface area (Å²) < 4.78 is 28.5. The number of rotatable bonds is 5. The van der Waals surface area contributed by atoms with Gasteiger partial charge < -0.3 is 5.32 Å². The van der Waals surface area contributed by atoms with Gasteiger partial charge in [-0.1, -0.05) is 6.42 Å². The molecule has 1 saturated heterocycles. The third-order valence-corrected chi connectivity index (χ3v) is 5.55. The number of halogens is 2. The van der Waals surface area contributed by atoms with Crippen LogP contribution in [0.1, 0.15) is 37.7 Å². The molecule has 0 saturated carbocycles. The molecule has 0 amide bonds. The molecular weight excluding hydrogens is 374 g/mol. The lowest BCUT2D eigenvalue weighted by Gasteiger charge is -2.23. The lowest BCUT2D eigenvalue weighted by molar-refractivity contribution is 0.367. The Hall–Kier alpha value is -2.67. The van der Waals surface area contributed by atoms with Gasteiger partial charge >= 0.3 is 0 Å². The number of aryl methyl sites for hydroxylation is 2. The second-order valence-electron chi connectivity index (χ2n) is 7.68. The van der Waals surface area contributed by atoms with Crippen molar-refractivity contribution in [3.63, 3.8) is 0 Å². The highest BCUT2D eigenvalue weighted by Gasteiger charge is 2.14. The molecule has 1 aromatic carbocycles. The van der Waals surface area contributed by atoms with Crippen LogP contribution in [0.2, 0.25) is 0 Å². The number of hydrogen-bond donors (Lipinski definition) is 1. The number of fused-ring (bicyclic) bond motifs is 1. The van der Waals surface area contributed by atoms with Gasteiger partial charge in [-0.15, -0.1) is 0 Å². The van der Waals surface area contributed by atoms with E-state index in [0.29, 0.717) is 29.4 Å². The maximum absolute atomic E-state index is 13.6. The molecule has 0 aliphatic carbocycles. The molecule has 7 heteroatoms. The van der Waals surface area contributed by atoms with Crippen molar-refractivity contribution >= 4 is 11.0 Å². The van der Waals surface area contributed by atoms with Crippen LogP contribution >= 0.6 is 0 Å². The van der Waals surface area contributed by atoms with E-state index in [4.69, 9.17) is 0 Å². The van der Waals surface area contributed by atoms with Crippen LogP contribution in [0.5, 0.6) is 0 Å². The highest BCUT2D eigenvalue weighted by Crippen LogP contribution is 2.23. The Morgan fingerprint density at radius 3 is 2.79 bits per heavy atom. The average molecular weight is 398 g/mol. The van der Waals surface area contributed by atoms with Crippen LogP contribution in [0.3, 0.4) is 0 Å². The van der Waals surface area contributed by atoms with Crippen LogP contribution in [0.15, 0.2) is 35.4 Å². The van der Waals surface area contributed by atoms with Gasteiger partial charge in [0.2, 0.25) is 0 Å². The highest BCUT2D eigenvalue weighted by atomic mass is 19.2. The van der Waals surface area contributed by atoms with E-state index in [-0.39, 0.29) is 11.1 Å². The summed E-state index contributed by atoms with van der Waals surface area (Å²) in [5.74, 6) is -1.86. The van der Waals surface area contributed by atoms with Crippen molar-refractivity contribution in [1.29, 1.82) is 0 Å². The van der Waals surface area contributed by atoms with E-state index in [1.165, 1.54) is 25.3 Å². The molecule has 3 aromatic rings. The van der Waals surface area contributed by atoms with Crippen LogP contribution in [0.4, 0.5) is 8.78 Å². The van der Waals surface area contributed by atoms with Crippen molar-refractivity contribution in [3.8, 4) is 11.3 Å². The number of piperidine rings is 1. The molecule has 1 fully saturated rings. The van der Waals surface area contributed by atoms with Gasteiger partial charge in [0.05, 0.1) is 17.5 Å². The fraction of sp³-hybridized carbons (Fsp3) is 0.409. The summed E-state index contributed by atoms with van der Waals surface area (Å²) in [6.45, 7) is 3.48. The van der Waals surface area contributed by atoms with E-state index >= 15 is 0 Å². The first kappa shape index (κ1) is 19.6. The van der Waals surface area contributed by atoms with Gasteiger partial charge in [0.25, 0.3) is 5.56 Å². The summed E-state index contributed by atoms with van der Waals surface area (Å²) in [4.78, 5) is 21.8. The number of nitrogens with zero attached hydrogens (tertiary/aromatic N) is 3. The number of aromatic nitrogens is 3. The van der Waals surface area contributed by atoms with E-state index in [9.17, 15) is 13.6 Å². The van der Waals surface area contributed by atoms with Crippen LogP contribution in [0.25, 0.3) is 22.3 Å². The van der Waals surface area contributed by atoms with Gasteiger partial charge in [0.15, 0.2) is 17.2 Å². The third-order valence-electron chi connectivity index (χ3n) is 5.55. The zero-order valence-electron chi connectivity index (χ0n) is 16.4. The Labute approximate surface area is 167 Å². The maximum Gasteiger partial charge on any atom is 0.279 e. The Morgan fingerprint density at radius 2 is 2.03 bits per heavy atom. The summed E-state index contributed by atoms with van der Waals surface area (Å²) in [5, 5.41) is 3.52. The van der Waals surface area contributed by atoms with Gasteiger partial charge in [-0.25, -0.2) is 18.7 Å². The lowest BCUT2D eigenvalue weighted by atomic mass is 10.0. The van der Waals surface area contributed by atoms with Gasteiger partial charge in [0.1, 0.15) is 0 Å². The Morgan fingerprint density at radius 1 is 1.17 bits per heavy atom. The molecule has 0 unspecified atom stereocenters. The Balaban J connectivity index is 1.61. The zero-order valence-corrected chi connectivity index (χ0v) is 16.4. The fourth-order valence-corrected chi connectivity index (χ4v) is 3.93. The van der Waals surface area contributed by atoms with Crippen LogP contribution in [-0.4, -0.2) is 27.1 Å². The zero-order chi connectivity index (χ0) is 20.4. The summed E-state index contributed by atoms with van der Waals surface area (Å²) in [5.41, 5.74) is 2.20. The second-order valence-corrected chi connectivity index (χ2v) is 7.68. The number of hydrogen-bond acceptors (Lipinski definition) is 4. The normalized spacial score (nSPS) is 17.0. The predicted molar refractivity (Wildman–Crippen MR) is 109 cm³/mol. The van der Waals surface area contributed by atoms with Gasteiger partial charge in [-0.2, -0.15) is 0 Å². The number of pyridine rings is 1. The number of nitrogens with one attached hydrogen (secondary N) is 1. The molecule has 1 aliphatic heterocycles. The van der Waals surface area contributed by atoms with E-state index in [0.717, 1.165) is 37.1 Å². The van der Waals surface area contributed by atoms with Gasteiger partial charge in [0, 0.05) is 18.2 Å². The molecule has 5 nitrogen and oxygen atoms in total. The SMILES string of the molecule is Cc1cc(-c2ccc(F)c(F)c2)nc2c(=O)n(CCC[C@@H]3CCCCN3)cnc12. The average Bonchev–Trinajstić information content (AvgIpc) is 2.73. The molecule has 0 radical (unpaired) electrons. The second kappa shape index (κ2) is 8.37. The molecule has 1 atom stereocenters. The molecule has 29 heavy (non-hydrogen) atoms. The minimum absolute atomic E-state index is 0.209. The van der Waals surface area contributed by atoms with Gasteiger partial charge in [-0.05, 0) is 69.0 Å². The van der Waals surface area contributed by atoms with Crippen molar-refractivity contribution in [2.45, 2.75) is 51.6 Å². The molecule has 0 bridgehead atoms. The first-order chi connectivity index (χ1) is 14.0. The molecule has 2 aromatic heterocycles. The van der Waals surface area contributed by atoms with E-state index in [2.05, 4.69) is 15.3 Å². The molecule has 3 heterocycles. The van der Waals surface area contributed by atoms with Crippen molar-refractivity contribution in [2.75, 3.05) is 6.54 Å². The quantitative estimate of drug-likeness (QED) is 0.707. The van der Waals surface area contributed by atoms with Gasteiger partial charge in [-0.3, -0.25) is 9.36 Å². The summed E-state index contributed by atoms with van der Waals surface area (Å²) in [6, 6.07) is 5.87. The number of benzene rings is 1. The lowest BCUT2D eigenvalue weighted by Crippen LogP contribution is -2.34. The fourth-order valence-electron chi connectivity index (χ4n) is 3.93. The Bertz CT molecular complexity index is 1090. The van der Waals surface area contributed by atoms with Crippen molar-refractivity contribution < 1.29 is 8.78 Å². The first-order valence-corrected chi connectivity index (χ1v) is 10.1. The molecule has 0 spiro atoms. The molecule has 1 aliphatic rings. The molecule has 152 valence electrons. The molecule has 4 rings (SSSR count). The van der Waals surface area contributed by atoms with E-state index in [1.807, 2.05) is 6.92 Å². The minimum Gasteiger partial charge on any atom is -0.314 e. The molecular formula is C22H24F2N4O. The topological polar surface area (TPSA) is 59.8 Å². The highest BCUT2D eigenvalue weighted by molar-refractivity contribution is 5.80. The summed E-state index contributed by atoms with van der Waals surface area (Å²) >= 11 is 0. The van der Waals surface area contributed by atoms with E-state index < -0.39 is 11.6 Å². The van der Waals surface area contributed by atoms with Crippen molar-refractivity contribution in [3.05, 3.63) is 58.1 Å². The Kier molecular flexibility index (Phi) is 5.67. The standard InChI is InChI=1S/C22H24F2N4O/c1-14-11-19(15-7-8-17(23)18(24)12-15)27-21-20(14)26-13-28(22(21)29)10-4-6-16-5-2-3-9-25-16/h7-8,11-13,16,25H,2-6,9-10H2,1H3/t16-/m0/s1. The molecule has 1 N–H and O–H groups in total. The third kappa shape index (κ3) is 4.19. The maximum atomic E-state index is 13.6. The van der Waals surface area contributed by atoms with Crippen LogP contribution in [0, 0.1) is 18.6 Å². The smallest absolute Gasteiger partial charge is 0.279 e. The minimum atomic E-state index is -0.943. The summed E-state index contributed by atoms with van der Waals surface area (Å²) in [7, 11) is 0. The summed E-state index contributed by atoms with van der Waals surface area (Å²) in [6.07, 6.45) is 7.15. The largest absolute Gasteiger partial charge is 0.314 e. The van der Waals surface area contributed by atoms with E-state index in [1.54, 1.807) is 17.0 Å². The van der Waals surface area contributed by atoms with Crippen molar-refractivity contribution in [2.24, 2.45) is 0 Å².